The van der Waals surface area contributed by atoms with Crippen LogP contribution >= 0.6 is 0 Å². The van der Waals surface area contributed by atoms with Crippen LogP contribution in [0, 0.1) is 11.3 Å². The fourth-order valence-corrected chi connectivity index (χ4v) is 2.88. The molecule has 1 heterocycles. The molecule has 1 saturated heterocycles. The number of nitrogens with zero attached hydrogens (tertiary/aromatic N) is 1. The van der Waals surface area contributed by atoms with Crippen LogP contribution in [0.3, 0.4) is 0 Å². The Labute approximate surface area is 120 Å². The van der Waals surface area contributed by atoms with Crippen LogP contribution in [-0.2, 0) is 4.74 Å². The van der Waals surface area contributed by atoms with E-state index in [1.165, 1.54) is 38.8 Å². The van der Waals surface area contributed by atoms with E-state index in [1.54, 1.807) is 0 Å². The van der Waals surface area contributed by atoms with E-state index in [9.17, 15) is 0 Å². The van der Waals surface area contributed by atoms with Crippen LogP contribution in [0.5, 0.6) is 0 Å². The maximum absolute atomic E-state index is 5.68. The summed E-state index contributed by atoms with van der Waals surface area (Å²) in [6.45, 7) is 13.3. The molecule has 0 saturated carbocycles. The number of unbranched alkanes of at least 4 members (excludes halogenated alkanes) is 2. The zero-order chi connectivity index (χ0) is 14.1. The lowest BCUT2D eigenvalue weighted by molar-refractivity contribution is 0.117. The van der Waals surface area contributed by atoms with Gasteiger partial charge in [0.25, 0.3) is 0 Å². The van der Waals surface area contributed by atoms with Crippen LogP contribution in [0.15, 0.2) is 0 Å². The van der Waals surface area contributed by atoms with Gasteiger partial charge in [-0.25, -0.2) is 0 Å². The van der Waals surface area contributed by atoms with E-state index in [0.29, 0.717) is 5.41 Å². The van der Waals surface area contributed by atoms with Crippen LogP contribution in [0.4, 0.5) is 0 Å². The van der Waals surface area contributed by atoms with Crippen molar-refractivity contribution in [1.82, 2.24) is 10.2 Å². The van der Waals surface area contributed by atoms with Crippen LogP contribution in [0.25, 0.3) is 0 Å². The first-order chi connectivity index (χ1) is 9.08. The summed E-state index contributed by atoms with van der Waals surface area (Å²) in [5.41, 5.74) is 0.343. The molecule has 0 aromatic heterocycles. The molecule has 1 aliphatic heterocycles. The second kappa shape index (κ2) is 8.93. The molecular formula is C16H34N2O. The first kappa shape index (κ1) is 16.9. The average molecular weight is 270 g/mol. The number of hydrogen-bond acceptors (Lipinski definition) is 3. The first-order valence-corrected chi connectivity index (χ1v) is 8.05. The molecule has 1 atom stereocenters. The van der Waals surface area contributed by atoms with Crippen LogP contribution < -0.4 is 5.32 Å². The zero-order valence-electron chi connectivity index (χ0n) is 13.5. The Bertz CT molecular complexity index is 225. The van der Waals surface area contributed by atoms with E-state index in [2.05, 4.69) is 38.0 Å². The molecule has 0 bridgehead atoms. The van der Waals surface area contributed by atoms with E-state index >= 15 is 0 Å². The smallest absolute Gasteiger partial charge is 0.0547 e. The average Bonchev–Trinajstić information content (AvgIpc) is 2.77. The van der Waals surface area contributed by atoms with Crippen LogP contribution in [0.1, 0.15) is 46.5 Å². The van der Waals surface area contributed by atoms with Gasteiger partial charge >= 0.3 is 0 Å². The Morgan fingerprint density at radius 2 is 2.11 bits per heavy atom. The van der Waals surface area contributed by atoms with Gasteiger partial charge in [0.1, 0.15) is 0 Å². The molecule has 3 heteroatoms. The fraction of sp³-hybridized carbons (Fsp3) is 1.00. The van der Waals surface area contributed by atoms with Crippen molar-refractivity contribution >= 4 is 0 Å². The van der Waals surface area contributed by atoms with Gasteiger partial charge in [-0.15, -0.1) is 0 Å². The Morgan fingerprint density at radius 3 is 2.68 bits per heavy atom. The lowest BCUT2D eigenvalue weighted by Crippen LogP contribution is -2.44. The Hall–Kier alpha value is -0.120. The van der Waals surface area contributed by atoms with Crippen molar-refractivity contribution in [3.63, 3.8) is 0 Å². The van der Waals surface area contributed by atoms with Crippen molar-refractivity contribution in [1.29, 1.82) is 0 Å². The lowest BCUT2D eigenvalue weighted by atomic mass is 9.86. The standard InChI is InChI=1S/C16H34N2O/c1-5-6-7-9-18(4)13-16(8-10-19-14-16)12-17-11-15(2)3/h15,17H,5-14H2,1-4H3. The normalized spacial score (nSPS) is 23.7. The lowest BCUT2D eigenvalue weighted by Gasteiger charge is -2.33. The molecule has 0 aromatic carbocycles. The third kappa shape index (κ3) is 6.73. The van der Waals surface area contributed by atoms with Crippen molar-refractivity contribution in [2.45, 2.75) is 46.5 Å². The maximum atomic E-state index is 5.68. The third-order valence-corrected chi connectivity index (χ3v) is 3.99. The van der Waals surface area contributed by atoms with E-state index in [-0.39, 0.29) is 0 Å². The van der Waals surface area contributed by atoms with E-state index in [1.807, 2.05) is 0 Å². The van der Waals surface area contributed by atoms with Gasteiger partial charge in [0.05, 0.1) is 6.61 Å². The second-order valence-electron chi connectivity index (χ2n) is 6.77. The van der Waals surface area contributed by atoms with Crippen LogP contribution in [-0.4, -0.2) is 51.3 Å². The van der Waals surface area contributed by atoms with E-state index in [0.717, 1.165) is 32.2 Å². The summed E-state index contributed by atoms with van der Waals surface area (Å²) in [6, 6.07) is 0. The molecule has 1 aliphatic rings. The summed E-state index contributed by atoms with van der Waals surface area (Å²) in [5, 5.41) is 3.63. The molecule has 0 aromatic rings. The number of nitrogens with one attached hydrogen (secondary N) is 1. The fourth-order valence-electron chi connectivity index (χ4n) is 2.88. The molecule has 1 rings (SSSR count). The molecule has 1 fully saturated rings. The molecule has 3 nitrogen and oxygen atoms in total. The summed E-state index contributed by atoms with van der Waals surface area (Å²) < 4.78 is 5.68. The molecule has 1 unspecified atom stereocenters. The summed E-state index contributed by atoms with van der Waals surface area (Å²) in [4.78, 5) is 2.50. The van der Waals surface area contributed by atoms with Crippen molar-refractivity contribution in [3.05, 3.63) is 0 Å². The SMILES string of the molecule is CCCCCN(C)CC1(CNCC(C)C)CCOC1. The van der Waals surface area contributed by atoms with Crippen molar-refractivity contribution in [3.8, 4) is 0 Å². The number of rotatable bonds is 10. The molecule has 19 heavy (non-hydrogen) atoms. The Morgan fingerprint density at radius 1 is 1.32 bits per heavy atom. The monoisotopic (exact) mass is 270 g/mol. The highest BCUT2D eigenvalue weighted by atomic mass is 16.5. The summed E-state index contributed by atoms with van der Waals surface area (Å²) in [5.74, 6) is 0.724. The summed E-state index contributed by atoms with van der Waals surface area (Å²) in [6.07, 6.45) is 5.18. The molecule has 0 spiro atoms. The minimum Gasteiger partial charge on any atom is -0.381 e. The van der Waals surface area contributed by atoms with Gasteiger partial charge in [0.2, 0.25) is 0 Å². The highest BCUT2D eigenvalue weighted by Crippen LogP contribution is 2.29. The van der Waals surface area contributed by atoms with Crippen molar-refractivity contribution in [2.24, 2.45) is 11.3 Å². The van der Waals surface area contributed by atoms with E-state index in [4.69, 9.17) is 4.74 Å². The molecule has 114 valence electrons. The predicted octanol–water partition coefficient (Wildman–Crippen LogP) is 2.76. The quantitative estimate of drug-likeness (QED) is 0.618. The highest BCUT2D eigenvalue weighted by Gasteiger charge is 2.35. The summed E-state index contributed by atoms with van der Waals surface area (Å²) >= 11 is 0. The van der Waals surface area contributed by atoms with Gasteiger partial charge in [-0.05, 0) is 38.9 Å². The first-order valence-electron chi connectivity index (χ1n) is 8.05. The van der Waals surface area contributed by atoms with E-state index < -0.39 is 0 Å². The summed E-state index contributed by atoms with van der Waals surface area (Å²) in [7, 11) is 2.26. The Balaban J connectivity index is 2.33. The third-order valence-electron chi connectivity index (χ3n) is 3.99. The Kier molecular flexibility index (Phi) is 7.96. The molecule has 0 amide bonds. The van der Waals surface area contributed by atoms with Gasteiger partial charge in [-0.2, -0.15) is 0 Å². The molecule has 0 radical (unpaired) electrons. The van der Waals surface area contributed by atoms with Gasteiger partial charge < -0.3 is 15.0 Å². The van der Waals surface area contributed by atoms with Gasteiger partial charge in [0, 0.05) is 25.1 Å². The number of ether oxygens (including phenoxy) is 1. The predicted molar refractivity (Wildman–Crippen MR) is 82.6 cm³/mol. The van der Waals surface area contributed by atoms with Gasteiger partial charge in [-0.3, -0.25) is 0 Å². The molecule has 1 N–H and O–H groups in total. The van der Waals surface area contributed by atoms with Gasteiger partial charge in [-0.1, -0.05) is 33.6 Å². The van der Waals surface area contributed by atoms with Gasteiger partial charge in [0.15, 0.2) is 0 Å². The number of hydrogen-bond donors (Lipinski definition) is 1. The molecular weight excluding hydrogens is 236 g/mol. The zero-order valence-corrected chi connectivity index (χ0v) is 13.5. The highest BCUT2D eigenvalue weighted by molar-refractivity contribution is 4.88. The molecule has 0 aliphatic carbocycles. The van der Waals surface area contributed by atoms with Crippen LogP contribution in [0.2, 0.25) is 0 Å². The maximum Gasteiger partial charge on any atom is 0.0547 e. The minimum atomic E-state index is 0.343. The van der Waals surface area contributed by atoms with Crippen molar-refractivity contribution < 1.29 is 4.74 Å². The topological polar surface area (TPSA) is 24.5 Å². The minimum absolute atomic E-state index is 0.343. The second-order valence-corrected chi connectivity index (χ2v) is 6.77. The van der Waals surface area contributed by atoms with Crippen molar-refractivity contribution in [2.75, 3.05) is 46.4 Å². The largest absolute Gasteiger partial charge is 0.381 e.